The molecule has 7 heteroatoms. The Morgan fingerprint density at radius 3 is 2.29 bits per heavy atom. The van der Waals surface area contributed by atoms with Crippen molar-refractivity contribution in [2.75, 3.05) is 13.2 Å². The second-order valence-electron chi connectivity index (χ2n) is 10.1. The van der Waals surface area contributed by atoms with Crippen LogP contribution in [0.5, 0.6) is 0 Å². The summed E-state index contributed by atoms with van der Waals surface area (Å²) in [5, 5.41) is 0. The highest BCUT2D eigenvalue weighted by atomic mass is 28.3. The molecular formula is C24H37NO5Si. The minimum atomic E-state index is -1.46. The Morgan fingerprint density at radius 2 is 1.77 bits per heavy atom. The SMILES string of the molecule is CCOC(=O)C1([C@@H]2CN(C(=O)OCc3ccccc3)C(O[SiH](C)C)[C@@H]2C(C)(C)C)CC1. The number of hydrogen-bond acceptors (Lipinski definition) is 5. The molecule has 2 fully saturated rings. The highest BCUT2D eigenvalue weighted by Gasteiger charge is 2.65. The van der Waals surface area contributed by atoms with Crippen LogP contribution in [0.1, 0.15) is 46.1 Å². The zero-order valence-electron chi connectivity index (χ0n) is 19.7. The molecule has 2 aliphatic rings. The molecule has 0 radical (unpaired) electrons. The summed E-state index contributed by atoms with van der Waals surface area (Å²) in [6.07, 6.45) is 0.857. The minimum Gasteiger partial charge on any atom is -0.466 e. The molecule has 0 N–H and O–H groups in total. The molecule has 1 saturated heterocycles. The number of likely N-dealkylation sites (tertiary alicyclic amines) is 1. The van der Waals surface area contributed by atoms with Gasteiger partial charge in [-0.2, -0.15) is 0 Å². The summed E-state index contributed by atoms with van der Waals surface area (Å²) in [5.74, 6) is -0.110. The number of nitrogens with zero attached hydrogens (tertiary/aromatic N) is 1. The number of hydrogen-bond donors (Lipinski definition) is 0. The van der Waals surface area contributed by atoms with Crippen LogP contribution < -0.4 is 0 Å². The van der Waals surface area contributed by atoms with Gasteiger partial charge in [-0.15, -0.1) is 0 Å². The van der Waals surface area contributed by atoms with Gasteiger partial charge in [0.25, 0.3) is 0 Å². The molecule has 1 aromatic rings. The Bertz CT molecular complexity index is 772. The summed E-state index contributed by atoms with van der Waals surface area (Å²) in [5.41, 5.74) is 0.289. The number of rotatable bonds is 7. The Balaban J connectivity index is 1.87. The van der Waals surface area contributed by atoms with E-state index in [2.05, 4.69) is 33.9 Å². The van der Waals surface area contributed by atoms with Gasteiger partial charge in [-0.05, 0) is 43.8 Å². The van der Waals surface area contributed by atoms with E-state index >= 15 is 0 Å². The van der Waals surface area contributed by atoms with Crippen LogP contribution in [0.15, 0.2) is 30.3 Å². The van der Waals surface area contributed by atoms with Gasteiger partial charge in [0.05, 0.1) is 12.0 Å². The lowest BCUT2D eigenvalue weighted by atomic mass is 9.68. The topological polar surface area (TPSA) is 65.1 Å². The van der Waals surface area contributed by atoms with Crippen molar-refractivity contribution < 1.29 is 23.5 Å². The number of carbonyl (C=O) groups is 2. The maximum Gasteiger partial charge on any atom is 0.412 e. The lowest BCUT2D eigenvalue weighted by molar-refractivity contribution is -0.153. The molecule has 172 valence electrons. The van der Waals surface area contributed by atoms with Gasteiger partial charge in [-0.25, -0.2) is 4.79 Å². The predicted octanol–water partition coefficient (Wildman–Crippen LogP) is 4.59. The van der Waals surface area contributed by atoms with Crippen molar-refractivity contribution in [3.05, 3.63) is 35.9 Å². The number of ether oxygens (including phenoxy) is 2. The molecule has 1 aliphatic carbocycles. The molecule has 1 amide bonds. The third-order valence-corrected chi connectivity index (χ3v) is 7.30. The molecule has 1 aromatic carbocycles. The summed E-state index contributed by atoms with van der Waals surface area (Å²) < 4.78 is 17.6. The van der Waals surface area contributed by atoms with E-state index in [1.807, 2.05) is 37.3 Å². The fraction of sp³-hybridized carbons (Fsp3) is 0.667. The Morgan fingerprint density at radius 1 is 1.13 bits per heavy atom. The fourth-order valence-corrected chi connectivity index (χ4v) is 5.80. The van der Waals surface area contributed by atoms with E-state index in [4.69, 9.17) is 13.9 Å². The minimum absolute atomic E-state index is 0.00595. The van der Waals surface area contributed by atoms with Gasteiger partial charge >= 0.3 is 12.1 Å². The normalized spacial score (nSPS) is 24.9. The van der Waals surface area contributed by atoms with Crippen molar-refractivity contribution in [1.29, 1.82) is 0 Å². The van der Waals surface area contributed by atoms with Gasteiger partial charge in [0.2, 0.25) is 0 Å². The Hall–Kier alpha value is -1.86. The molecule has 1 aliphatic heterocycles. The first-order valence-electron chi connectivity index (χ1n) is 11.4. The molecule has 3 atom stereocenters. The molecule has 31 heavy (non-hydrogen) atoms. The molecule has 0 aromatic heterocycles. The van der Waals surface area contributed by atoms with E-state index in [-0.39, 0.29) is 42.1 Å². The number of esters is 1. The van der Waals surface area contributed by atoms with Crippen LogP contribution in [-0.2, 0) is 25.3 Å². The average molecular weight is 448 g/mol. The third kappa shape index (κ3) is 5.14. The van der Waals surface area contributed by atoms with Crippen LogP contribution in [0.4, 0.5) is 4.79 Å². The second-order valence-corrected chi connectivity index (χ2v) is 12.5. The van der Waals surface area contributed by atoms with Crippen LogP contribution >= 0.6 is 0 Å². The van der Waals surface area contributed by atoms with Gasteiger partial charge in [0.15, 0.2) is 9.04 Å². The third-order valence-electron chi connectivity index (χ3n) is 6.47. The molecular weight excluding hydrogens is 410 g/mol. The average Bonchev–Trinajstić information content (AvgIpc) is 3.42. The van der Waals surface area contributed by atoms with Crippen LogP contribution in [0, 0.1) is 22.7 Å². The standard InChI is InChI=1S/C24H37NO5Si/c1-7-28-21(26)24(13-14-24)18-15-25(20(30-31(5)6)19(18)23(2,3)4)22(27)29-16-17-11-9-8-10-12-17/h8-12,18-20,31H,7,13-16H2,1-6H3/t18-,19-,20?/m1/s1. The summed E-state index contributed by atoms with van der Waals surface area (Å²) in [6.45, 7) is 13.6. The van der Waals surface area contributed by atoms with Crippen molar-refractivity contribution >= 4 is 21.1 Å². The molecule has 3 rings (SSSR count). The highest BCUT2D eigenvalue weighted by molar-refractivity contribution is 6.48. The zero-order valence-corrected chi connectivity index (χ0v) is 20.9. The maximum atomic E-state index is 13.2. The summed E-state index contributed by atoms with van der Waals surface area (Å²) in [7, 11) is -1.46. The summed E-state index contributed by atoms with van der Waals surface area (Å²) in [6, 6.07) is 9.67. The monoisotopic (exact) mass is 447 g/mol. The number of carbonyl (C=O) groups excluding carboxylic acids is 2. The number of benzene rings is 1. The molecule has 0 bridgehead atoms. The van der Waals surface area contributed by atoms with E-state index in [0.717, 1.165) is 18.4 Å². The van der Waals surface area contributed by atoms with E-state index in [1.54, 1.807) is 4.90 Å². The maximum absolute atomic E-state index is 13.2. The zero-order chi connectivity index (χ0) is 22.8. The molecule has 1 saturated carbocycles. The number of amides is 1. The van der Waals surface area contributed by atoms with E-state index < -0.39 is 14.5 Å². The van der Waals surface area contributed by atoms with Crippen LogP contribution in [0.2, 0.25) is 13.1 Å². The quantitative estimate of drug-likeness (QED) is 0.452. The first-order valence-corrected chi connectivity index (χ1v) is 14.2. The van der Waals surface area contributed by atoms with E-state index in [9.17, 15) is 9.59 Å². The first-order chi connectivity index (χ1) is 14.6. The summed E-state index contributed by atoms with van der Waals surface area (Å²) in [4.78, 5) is 27.8. The van der Waals surface area contributed by atoms with Crippen LogP contribution in [-0.4, -0.2) is 45.4 Å². The van der Waals surface area contributed by atoms with Gasteiger partial charge in [-0.1, -0.05) is 51.1 Å². The smallest absolute Gasteiger partial charge is 0.412 e. The van der Waals surface area contributed by atoms with Gasteiger partial charge < -0.3 is 13.9 Å². The lowest BCUT2D eigenvalue weighted by Crippen LogP contribution is -2.45. The van der Waals surface area contributed by atoms with Crippen molar-refractivity contribution in [2.24, 2.45) is 22.7 Å². The van der Waals surface area contributed by atoms with Crippen molar-refractivity contribution in [3.63, 3.8) is 0 Å². The van der Waals surface area contributed by atoms with Crippen molar-refractivity contribution in [3.8, 4) is 0 Å². The summed E-state index contributed by atoms with van der Waals surface area (Å²) >= 11 is 0. The fourth-order valence-electron chi connectivity index (χ4n) is 4.93. The van der Waals surface area contributed by atoms with Crippen molar-refractivity contribution in [2.45, 2.75) is 66.5 Å². The highest BCUT2D eigenvalue weighted by Crippen LogP contribution is 2.61. The molecule has 0 spiro atoms. The van der Waals surface area contributed by atoms with Crippen LogP contribution in [0.3, 0.4) is 0 Å². The Labute approximate surface area is 188 Å². The molecule has 1 heterocycles. The second kappa shape index (κ2) is 9.33. The largest absolute Gasteiger partial charge is 0.466 e. The van der Waals surface area contributed by atoms with E-state index in [0.29, 0.717) is 13.2 Å². The van der Waals surface area contributed by atoms with Gasteiger partial charge in [0.1, 0.15) is 12.8 Å². The lowest BCUT2D eigenvalue weighted by Gasteiger charge is -2.39. The van der Waals surface area contributed by atoms with Gasteiger partial charge in [0, 0.05) is 18.4 Å². The van der Waals surface area contributed by atoms with Crippen LogP contribution in [0.25, 0.3) is 0 Å². The Kier molecular flexibility index (Phi) is 7.16. The van der Waals surface area contributed by atoms with E-state index in [1.165, 1.54) is 0 Å². The van der Waals surface area contributed by atoms with Gasteiger partial charge in [-0.3, -0.25) is 9.69 Å². The first kappa shape index (κ1) is 23.8. The molecule has 6 nitrogen and oxygen atoms in total. The predicted molar refractivity (Wildman–Crippen MR) is 122 cm³/mol. The molecule has 1 unspecified atom stereocenters. The van der Waals surface area contributed by atoms with Crippen molar-refractivity contribution in [1.82, 2.24) is 4.90 Å².